The molecule has 0 fully saturated rings. The summed E-state index contributed by atoms with van der Waals surface area (Å²) in [6, 6.07) is 5.03. The van der Waals surface area contributed by atoms with Crippen LogP contribution in [0, 0.1) is 18.3 Å². The third-order valence-electron chi connectivity index (χ3n) is 2.02. The van der Waals surface area contributed by atoms with Crippen molar-refractivity contribution in [3.63, 3.8) is 0 Å². The Hall–Kier alpha value is -2.02. The second-order valence-corrected chi connectivity index (χ2v) is 2.81. The van der Waals surface area contributed by atoms with Crippen LogP contribution in [-0.2, 0) is 4.74 Å². The second kappa shape index (κ2) is 3.79. The zero-order valence-electron chi connectivity index (χ0n) is 8.00. The van der Waals surface area contributed by atoms with Gasteiger partial charge in [-0.3, -0.25) is 0 Å². The molecule has 0 aliphatic rings. The molecule has 14 heavy (non-hydrogen) atoms. The average molecular weight is 190 g/mol. The maximum absolute atomic E-state index is 11.3. The van der Waals surface area contributed by atoms with Crippen molar-refractivity contribution in [1.29, 1.82) is 5.26 Å². The van der Waals surface area contributed by atoms with Crippen LogP contribution in [0.4, 0.5) is 5.69 Å². The Labute approximate surface area is 81.9 Å². The Bertz CT molecular complexity index is 419. The van der Waals surface area contributed by atoms with E-state index in [9.17, 15) is 4.79 Å². The fourth-order valence-electron chi connectivity index (χ4n) is 1.19. The molecule has 0 atom stereocenters. The SMILES string of the molecule is COC(=O)c1c(C#N)ccc(N)c1C. The van der Waals surface area contributed by atoms with Gasteiger partial charge in [0.2, 0.25) is 0 Å². The minimum atomic E-state index is -0.536. The summed E-state index contributed by atoms with van der Waals surface area (Å²) in [6.07, 6.45) is 0. The van der Waals surface area contributed by atoms with Gasteiger partial charge in [-0.05, 0) is 24.6 Å². The van der Waals surface area contributed by atoms with Gasteiger partial charge in [0.15, 0.2) is 0 Å². The molecule has 1 aromatic rings. The molecule has 2 N–H and O–H groups in total. The molecule has 0 spiro atoms. The van der Waals surface area contributed by atoms with Crippen LogP contribution in [0.25, 0.3) is 0 Å². The maximum atomic E-state index is 11.3. The van der Waals surface area contributed by atoms with Crippen LogP contribution < -0.4 is 5.73 Å². The van der Waals surface area contributed by atoms with Crippen LogP contribution in [0.1, 0.15) is 21.5 Å². The smallest absolute Gasteiger partial charge is 0.339 e. The molecular weight excluding hydrogens is 180 g/mol. The lowest BCUT2D eigenvalue weighted by molar-refractivity contribution is 0.0599. The van der Waals surface area contributed by atoms with Gasteiger partial charge < -0.3 is 10.5 Å². The van der Waals surface area contributed by atoms with Crippen molar-refractivity contribution in [3.8, 4) is 6.07 Å². The number of nitrogens with zero attached hydrogens (tertiary/aromatic N) is 1. The van der Waals surface area contributed by atoms with E-state index in [2.05, 4.69) is 4.74 Å². The molecule has 0 aliphatic carbocycles. The molecule has 0 aromatic heterocycles. The van der Waals surface area contributed by atoms with E-state index in [1.54, 1.807) is 13.0 Å². The van der Waals surface area contributed by atoms with Gasteiger partial charge in [-0.1, -0.05) is 0 Å². The Morgan fingerprint density at radius 2 is 2.21 bits per heavy atom. The quantitative estimate of drug-likeness (QED) is 0.533. The molecule has 72 valence electrons. The number of hydrogen-bond acceptors (Lipinski definition) is 4. The van der Waals surface area contributed by atoms with Gasteiger partial charge in [0, 0.05) is 5.69 Å². The number of hydrogen-bond donors (Lipinski definition) is 1. The van der Waals surface area contributed by atoms with E-state index >= 15 is 0 Å². The Kier molecular flexibility index (Phi) is 2.73. The van der Waals surface area contributed by atoms with Crippen LogP contribution in [0.3, 0.4) is 0 Å². The number of ether oxygens (including phenoxy) is 1. The highest BCUT2D eigenvalue weighted by Crippen LogP contribution is 2.20. The van der Waals surface area contributed by atoms with E-state index < -0.39 is 5.97 Å². The number of rotatable bonds is 1. The van der Waals surface area contributed by atoms with E-state index in [1.165, 1.54) is 13.2 Å². The first kappa shape index (κ1) is 10.1. The van der Waals surface area contributed by atoms with Gasteiger partial charge in [0.25, 0.3) is 0 Å². The van der Waals surface area contributed by atoms with Crippen molar-refractivity contribution in [1.82, 2.24) is 0 Å². The molecule has 0 radical (unpaired) electrons. The first-order valence-corrected chi connectivity index (χ1v) is 3.99. The monoisotopic (exact) mass is 190 g/mol. The van der Waals surface area contributed by atoms with E-state index in [1.807, 2.05) is 6.07 Å². The minimum Gasteiger partial charge on any atom is -0.465 e. The van der Waals surface area contributed by atoms with Crippen LogP contribution in [0.15, 0.2) is 12.1 Å². The largest absolute Gasteiger partial charge is 0.465 e. The number of carbonyl (C=O) groups excluding carboxylic acids is 1. The Balaban J connectivity index is 3.45. The number of carbonyl (C=O) groups is 1. The van der Waals surface area contributed by atoms with Gasteiger partial charge in [-0.2, -0.15) is 5.26 Å². The summed E-state index contributed by atoms with van der Waals surface area (Å²) in [7, 11) is 1.27. The lowest BCUT2D eigenvalue weighted by Crippen LogP contribution is -2.08. The number of nitrogens with two attached hydrogens (primary N) is 1. The Morgan fingerprint density at radius 3 is 2.71 bits per heavy atom. The van der Waals surface area contributed by atoms with Crippen molar-refractivity contribution in [2.75, 3.05) is 12.8 Å². The predicted octanol–water partition coefficient (Wildman–Crippen LogP) is 1.24. The molecule has 4 nitrogen and oxygen atoms in total. The zero-order valence-corrected chi connectivity index (χ0v) is 8.00. The van der Waals surface area contributed by atoms with Crippen LogP contribution in [0.5, 0.6) is 0 Å². The molecule has 0 unspecified atom stereocenters. The fourth-order valence-corrected chi connectivity index (χ4v) is 1.19. The maximum Gasteiger partial charge on any atom is 0.339 e. The van der Waals surface area contributed by atoms with E-state index in [0.717, 1.165) is 0 Å². The first-order chi connectivity index (χ1) is 6.61. The van der Waals surface area contributed by atoms with Gasteiger partial charge in [0.05, 0.1) is 18.2 Å². The topological polar surface area (TPSA) is 76.1 Å². The summed E-state index contributed by atoms with van der Waals surface area (Å²) in [6.45, 7) is 1.68. The molecule has 1 aromatic carbocycles. The third kappa shape index (κ3) is 1.52. The lowest BCUT2D eigenvalue weighted by atomic mass is 10.0. The van der Waals surface area contributed by atoms with Gasteiger partial charge in [0.1, 0.15) is 6.07 Å². The standard InChI is InChI=1S/C10H10N2O2/c1-6-8(12)4-3-7(5-11)9(6)10(13)14-2/h3-4H,12H2,1-2H3. The highest BCUT2D eigenvalue weighted by Gasteiger charge is 2.16. The molecule has 4 heteroatoms. The Morgan fingerprint density at radius 1 is 1.57 bits per heavy atom. The number of nitriles is 1. The summed E-state index contributed by atoms with van der Waals surface area (Å²) in [4.78, 5) is 11.3. The first-order valence-electron chi connectivity index (χ1n) is 3.99. The van der Waals surface area contributed by atoms with Crippen molar-refractivity contribution in [2.45, 2.75) is 6.92 Å². The van der Waals surface area contributed by atoms with Crippen molar-refractivity contribution in [2.24, 2.45) is 0 Å². The number of nitrogen functional groups attached to an aromatic ring is 1. The van der Waals surface area contributed by atoms with E-state index in [-0.39, 0.29) is 11.1 Å². The summed E-state index contributed by atoms with van der Waals surface area (Å²) in [5.41, 5.74) is 7.20. The van der Waals surface area contributed by atoms with Gasteiger partial charge in [-0.15, -0.1) is 0 Å². The second-order valence-electron chi connectivity index (χ2n) is 2.81. The molecule has 1 rings (SSSR count). The molecule has 0 aliphatic heterocycles. The van der Waals surface area contributed by atoms with Crippen molar-refractivity contribution < 1.29 is 9.53 Å². The summed E-state index contributed by atoms with van der Waals surface area (Å²) >= 11 is 0. The number of anilines is 1. The molecule has 0 bridgehead atoms. The normalized spacial score (nSPS) is 9.21. The van der Waals surface area contributed by atoms with Crippen LogP contribution in [0.2, 0.25) is 0 Å². The van der Waals surface area contributed by atoms with Crippen LogP contribution in [-0.4, -0.2) is 13.1 Å². The van der Waals surface area contributed by atoms with E-state index in [0.29, 0.717) is 11.3 Å². The summed E-state index contributed by atoms with van der Waals surface area (Å²) in [5.74, 6) is -0.536. The highest BCUT2D eigenvalue weighted by atomic mass is 16.5. The van der Waals surface area contributed by atoms with Gasteiger partial charge in [-0.25, -0.2) is 4.79 Å². The molecular formula is C10H10N2O2. The number of benzene rings is 1. The highest BCUT2D eigenvalue weighted by molar-refractivity contribution is 5.95. The van der Waals surface area contributed by atoms with Crippen molar-refractivity contribution >= 4 is 11.7 Å². The minimum absolute atomic E-state index is 0.245. The number of esters is 1. The predicted molar refractivity (Wildman–Crippen MR) is 51.6 cm³/mol. The molecule has 0 amide bonds. The fraction of sp³-hybridized carbons (Fsp3) is 0.200. The van der Waals surface area contributed by atoms with Gasteiger partial charge >= 0.3 is 5.97 Å². The van der Waals surface area contributed by atoms with E-state index in [4.69, 9.17) is 11.0 Å². The van der Waals surface area contributed by atoms with Crippen molar-refractivity contribution in [3.05, 3.63) is 28.8 Å². The zero-order chi connectivity index (χ0) is 10.7. The van der Waals surface area contributed by atoms with Crippen LogP contribution >= 0.6 is 0 Å². The number of methoxy groups -OCH3 is 1. The summed E-state index contributed by atoms with van der Waals surface area (Å²) < 4.78 is 4.57. The summed E-state index contributed by atoms with van der Waals surface area (Å²) in [5, 5.41) is 8.78. The lowest BCUT2D eigenvalue weighted by Gasteiger charge is -2.07. The molecule has 0 heterocycles. The molecule has 0 saturated heterocycles. The third-order valence-corrected chi connectivity index (χ3v) is 2.02. The average Bonchev–Trinajstić information content (AvgIpc) is 2.20. The molecule has 0 saturated carbocycles.